The first-order valence-corrected chi connectivity index (χ1v) is 7.24. The lowest BCUT2D eigenvalue weighted by Gasteiger charge is -2.15. The predicted molar refractivity (Wildman–Crippen MR) is 85.6 cm³/mol. The van der Waals surface area contributed by atoms with Crippen molar-refractivity contribution in [2.24, 2.45) is 9.98 Å². The molecule has 2 rings (SSSR count). The molecule has 0 unspecified atom stereocenters. The quantitative estimate of drug-likeness (QED) is 0.558. The van der Waals surface area contributed by atoms with E-state index in [-0.39, 0.29) is 6.10 Å². The fraction of sp³-hybridized carbons (Fsp3) is 0.333. The van der Waals surface area contributed by atoms with Crippen LogP contribution < -0.4 is 0 Å². The zero-order valence-corrected chi connectivity index (χ0v) is 12.9. The highest BCUT2D eigenvalue weighted by molar-refractivity contribution is 6.41. The van der Waals surface area contributed by atoms with E-state index < -0.39 is 0 Å². The van der Waals surface area contributed by atoms with E-state index in [1.807, 2.05) is 19.9 Å². The van der Waals surface area contributed by atoms with Gasteiger partial charge in [0, 0.05) is 11.2 Å². The summed E-state index contributed by atoms with van der Waals surface area (Å²) in [5.41, 5.74) is 1.47. The van der Waals surface area contributed by atoms with E-state index in [9.17, 15) is 0 Å². The van der Waals surface area contributed by atoms with E-state index >= 15 is 0 Å². The van der Waals surface area contributed by atoms with Gasteiger partial charge in [-0.15, -0.1) is 0 Å². The van der Waals surface area contributed by atoms with Crippen molar-refractivity contribution in [1.29, 1.82) is 0 Å². The zero-order valence-electron chi connectivity index (χ0n) is 11.4. The van der Waals surface area contributed by atoms with Crippen molar-refractivity contribution in [2.45, 2.75) is 32.8 Å². The highest BCUT2D eigenvalue weighted by Crippen LogP contribution is 2.28. The van der Waals surface area contributed by atoms with Gasteiger partial charge >= 0.3 is 0 Å². The molecule has 0 bridgehead atoms. The van der Waals surface area contributed by atoms with E-state index in [4.69, 9.17) is 27.9 Å². The summed E-state index contributed by atoms with van der Waals surface area (Å²) in [6, 6.07) is 5.19. The molecule has 1 aromatic carbocycles. The number of ether oxygens (including phenoxy) is 1. The van der Waals surface area contributed by atoms with Gasteiger partial charge in [-0.25, -0.2) is 4.99 Å². The van der Waals surface area contributed by atoms with E-state index in [1.165, 1.54) is 0 Å². The molecule has 0 aliphatic carbocycles. The maximum Gasteiger partial charge on any atom is 0.236 e. The van der Waals surface area contributed by atoms with Gasteiger partial charge in [-0.3, -0.25) is 4.99 Å². The molecule has 3 nitrogen and oxygen atoms in total. The zero-order chi connectivity index (χ0) is 14.5. The summed E-state index contributed by atoms with van der Waals surface area (Å²) < 4.78 is 5.77. The summed E-state index contributed by atoms with van der Waals surface area (Å²) >= 11 is 12.0. The summed E-state index contributed by atoms with van der Waals surface area (Å²) in [7, 11) is 0. The molecule has 5 heteroatoms. The Morgan fingerprint density at radius 1 is 1.35 bits per heavy atom. The van der Waals surface area contributed by atoms with Crippen LogP contribution in [0.4, 0.5) is 5.69 Å². The van der Waals surface area contributed by atoms with Crippen molar-refractivity contribution in [1.82, 2.24) is 0 Å². The molecule has 0 amide bonds. The van der Waals surface area contributed by atoms with Crippen LogP contribution in [0.15, 0.2) is 40.5 Å². The van der Waals surface area contributed by atoms with E-state index in [2.05, 4.69) is 9.98 Å². The molecule has 0 fully saturated rings. The Bertz CT molecular complexity index is 577. The molecule has 1 heterocycles. The van der Waals surface area contributed by atoms with E-state index in [1.54, 1.807) is 24.4 Å². The molecule has 0 spiro atoms. The Kier molecular flexibility index (Phi) is 5.21. The van der Waals surface area contributed by atoms with Crippen LogP contribution in [0.2, 0.25) is 10.0 Å². The van der Waals surface area contributed by atoms with Gasteiger partial charge in [-0.05, 0) is 44.9 Å². The van der Waals surface area contributed by atoms with Gasteiger partial charge in [0.25, 0.3) is 0 Å². The van der Waals surface area contributed by atoms with Crippen molar-refractivity contribution in [2.75, 3.05) is 0 Å². The predicted octanol–water partition coefficient (Wildman–Crippen LogP) is 5.20. The summed E-state index contributed by atoms with van der Waals surface area (Å²) in [6.07, 6.45) is 5.57. The molecule has 1 aliphatic heterocycles. The third kappa shape index (κ3) is 4.09. The van der Waals surface area contributed by atoms with Crippen molar-refractivity contribution in [3.05, 3.63) is 40.5 Å². The third-order valence-electron chi connectivity index (χ3n) is 2.61. The first-order valence-electron chi connectivity index (χ1n) is 6.48. The molecule has 0 atom stereocenters. The lowest BCUT2D eigenvalue weighted by molar-refractivity contribution is 0.233. The third-order valence-corrected chi connectivity index (χ3v) is 3.15. The fourth-order valence-corrected chi connectivity index (χ4v) is 2.18. The van der Waals surface area contributed by atoms with Gasteiger partial charge in [-0.2, -0.15) is 0 Å². The first kappa shape index (κ1) is 15.1. The lowest BCUT2D eigenvalue weighted by atomic mass is 10.1. The summed E-state index contributed by atoms with van der Waals surface area (Å²) in [4.78, 5) is 8.84. The number of hydrogen-bond donors (Lipinski definition) is 0. The number of allylic oxidation sites excluding steroid dienone is 1. The highest BCUT2D eigenvalue weighted by Gasteiger charge is 2.14. The number of halogens is 2. The van der Waals surface area contributed by atoms with Gasteiger partial charge in [0.1, 0.15) is 5.71 Å². The van der Waals surface area contributed by atoms with E-state index in [0.717, 1.165) is 18.6 Å². The highest BCUT2D eigenvalue weighted by atomic mass is 35.5. The topological polar surface area (TPSA) is 34.0 Å². The average Bonchev–Trinajstić information content (AvgIpc) is 2.41. The van der Waals surface area contributed by atoms with Crippen LogP contribution in [0.3, 0.4) is 0 Å². The van der Waals surface area contributed by atoms with Crippen molar-refractivity contribution in [3.63, 3.8) is 0 Å². The van der Waals surface area contributed by atoms with Gasteiger partial charge in [0.15, 0.2) is 0 Å². The number of hydrogen-bond acceptors (Lipinski definition) is 3. The van der Waals surface area contributed by atoms with Crippen LogP contribution >= 0.6 is 23.2 Å². The largest absolute Gasteiger partial charge is 0.474 e. The van der Waals surface area contributed by atoms with Crippen molar-refractivity contribution >= 4 is 40.5 Å². The molecule has 1 aliphatic rings. The Morgan fingerprint density at radius 2 is 2.15 bits per heavy atom. The van der Waals surface area contributed by atoms with Gasteiger partial charge in [0.05, 0.1) is 16.8 Å². The summed E-state index contributed by atoms with van der Waals surface area (Å²) in [6.45, 7) is 3.91. The SMILES string of the molecule is CC(C)OC(=Nc1ccc(Cl)cc1Cl)C1=NC=CCC1. The van der Waals surface area contributed by atoms with Gasteiger partial charge < -0.3 is 4.74 Å². The monoisotopic (exact) mass is 310 g/mol. The normalized spacial score (nSPS) is 15.4. The molecule has 1 aromatic rings. The summed E-state index contributed by atoms with van der Waals surface area (Å²) in [5, 5.41) is 1.08. The number of rotatable bonds is 3. The van der Waals surface area contributed by atoms with Gasteiger partial charge in [-0.1, -0.05) is 29.3 Å². The molecule has 20 heavy (non-hydrogen) atoms. The van der Waals surface area contributed by atoms with Crippen LogP contribution in [-0.2, 0) is 4.74 Å². The Labute approximate surface area is 129 Å². The molecule has 0 N–H and O–H groups in total. The smallest absolute Gasteiger partial charge is 0.236 e. The number of aliphatic imine (C=N–C) groups is 2. The fourth-order valence-electron chi connectivity index (χ4n) is 1.73. The van der Waals surface area contributed by atoms with Crippen LogP contribution in [0.1, 0.15) is 26.7 Å². The molecule has 0 aromatic heterocycles. The van der Waals surface area contributed by atoms with Crippen LogP contribution in [0.5, 0.6) is 0 Å². The van der Waals surface area contributed by atoms with Crippen LogP contribution in [-0.4, -0.2) is 17.7 Å². The van der Waals surface area contributed by atoms with E-state index in [0.29, 0.717) is 21.6 Å². The number of nitrogens with zero attached hydrogens (tertiary/aromatic N) is 2. The molecular formula is C15H16Cl2N2O. The lowest BCUT2D eigenvalue weighted by Crippen LogP contribution is -2.22. The first-order chi connectivity index (χ1) is 9.56. The molecule has 0 saturated carbocycles. The minimum absolute atomic E-state index is 0.0217. The molecule has 0 saturated heterocycles. The molecule has 106 valence electrons. The second-order valence-electron chi connectivity index (χ2n) is 4.68. The Morgan fingerprint density at radius 3 is 2.75 bits per heavy atom. The number of benzene rings is 1. The standard InChI is InChI=1S/C15H16Cl2N2O/c1-10(2)20-15(14-5-3-4-8-18-14)19-13-7-6-11(16)9-12(13)17/h4,6-10H,3,5H2,1-2H3. The Balaban J connectivity index is 2.36. The average molecular weight is 311 g/mol. The maximum atomic E-state index is 6.15. The minimum atomic E-state index is 0.0217. The second kappa shape index (κ2) is 6.91. The van der Waals surface area contributed by atoms with Crippen LogP contribution in [0, 0.1) is 0 Å². The van der Waals surface area contributed by atoms with Crippen LogP contribution in [0.25, 0.3) is 0 Å². The minimum Gasteiger partial charge on any atom is -0.474 e. The van der Waals surface area contributed by atoms with Crippen molar-refractivity contribution in [3.8, 4) is 0 Å². The second-order valence-corrected chi connectivity index (χ2v) is 5.52. The Hall–Kier alpha value is -1.32. The van der Waals surface area contributed by atoms with Crippen molar-refractivity contribution < 1.29 is 4.74 Å². The van der Waals surface area contributed by atoms with Gasteiger partial charge in [0.2, 0.25) is 5.90 Å². The summed E-state index contributed by atoms with van der Waals surface area (Å²) in [5.74, 6) is 0.522. The molecule has 0 radical (unpaired) electrons. The molecular weight excluding hydrogens is 295 g/mol. The maximum absolute atomic E-state index is 6.15.